The largest absolute Gasteiger partial charge is 0.443 e. The van der Waals surface area contributed by atoms with Crippen LogP contribution < -0.4 is 10.2 Å². The number of nitrogens with one attached hydrogen (secondary N) is 1. The zero-order valence-corrected chi connectivity index (χ0v) is 12.6. The second-order valence-electron chi connectivity index (χ2n) is 5.28. The fourth-order valence-corrected chi connectivity index (χ4v) is 2.10. The molecule has 0 atom stereocenters. The normalized spacial score (nSPS) is 14.7. The number of benzene rings is 1. The van der Waals surface area contributed by atoms with Crippen LogP contribution in [0.5, 0.6) is 0 Å². The van der Waals surface area contributed by atoms with Gasteiger partial charge in [0.2, 0.25) is 5.91 Å². The van der Waals surface area contributed by atoms with Crippen LogP contribution in [0.3, 0.4) is 0 Å². The van der Waals surface area contributed by atoms with Crippen molar-refractivity contribution in [2.45, 2.75) is 26.4 Å². The van der Waals surface area contributed by atoms with Gasteiger partial charge in [-0.15, -0.1) is 0 Å². The first-order valence-corrected chi connectivity index (χ1v) is 6.65. The third-order valence-corrected chi connectivity index (χ3v) is 2.93. The van der Waals surface area contributed by atoms with Gasteiger partial charge in [0.05, 0.1) is 11.4 Å². The van der Waals surface area contributed by atoms with Gasteiger partial charge in [0.25, 0.3) is 0 Å². The Labute approximate surface area is 120 Å². The van der Waals surface area contributed by atoms with E-state index in [9.17, 15) is 9.59 Å². The van der Waals surface area contributed by atoms with Crippen molar-refractivity contribution >= 4 is 39.3 Å². The first-order valence-electron chi connectivity index (χ1n) is 5.86. The van der Waals surface area contributed by atoms with E-state index in [1.807, 2.05) is 6.07 Å². The number of hydrogen-bond acceptors (Lipinski definition) is 3. The topological polar surface area (TPSA) is 58.6 Å². The van der Waals surface area contributed by atoms with Gasteiger partial charge < -0.3 is 10.1 Å². The number of ether oxygens (including phenoxy) is 1. The number of fused-ring (bicyclic) bond motifs is 1. The lowest BCUT2D eigenvalue weighted by atomic mass is 10.2. The van der Waals surface area contributed by atoms with Gasteiger partial charge in [0, 0.05) is 4.47 Å². The molecule has 0 aliphatic carbocycles. The van der Waals surface area contributed by atoms with Crippen molar-refractivity contribution in [1.82, 2.24) is 0 Å². The maximum atomic E-state index is 12.1. The standard InChI is InChI=1S/C13H15BrN2O3/c1-13(2,3)19-12(18)16-7-11(17)15-9-6-8(14)4-5-10(9)16/h4-6H,7H2,1-3H3,(H,15,17). The van der Waals surface area contributed by atoms with Gasteiger partial charge in [-0.1, -0.05) is 15.9 Å². The van der Waals surface area contributed by atoms with Crippen molar-refractivity contribution < 1.29 is 14.3 Å². The molecule has 2 amide bonds. The molecule has 19 heavy (non-hydrogen) atoms. The number of anilines is 2. The molecule has 0 unspecified atom stereocenters. The Kier molecular flexibility index (Phi) is 3.54. The second kappa shape index (κ2) is 4.85. The number of hydrogen-bond donors (Lipinski definition) is 1. The lowest BCUT2D eigenvalue weighted by Gasteiger charge is -2.31. The van der Waals surface area contributed by atoms with E-state index >= 15 is 0 Å². The molecule has 0 aromatic heterocycles. The average molecular weight is 327 g/mol. The molecule has 0 fully saturated rings. The molecule has 1 heterocycles. The predicted molar refractivity (Wildman–Crippen MR) is 76.4 cm³/mol. The molecular formula is C13H15BrN2O3. The Balaban J connectivity index is 2.33. The predicted octanol–water partition coefficient (Wildman–Crippen LogP) is 3.14. The second-order valence-corrected chi connectivity index (χ2v) is 6.19. The quantitative estimate of drug-likeness (QED) is 0.796. The molecule has 0 spiro atoms. The third kappa shape index (κ3) is 3.26. The van der Waals surface area contributed by atoms with Crippen molar-refractivity contribution in [3.63, 3.8) is 0 Å². The van der Waals surface area contributed by atoms with Crippen LogP contribution >= 0.6 is 15.9 Å². The van der Waals surface area contributed by atoms with Crippen LogP contribution in [0.15, 0.2) is 22.7 Å². The number of halogens is 1. The summed E-state index contributed by atoms with van der Waals surface area (Å²) in [7, 11) is 0. The van der Waals surface area contributed by atoms with E-state index in [1.165, 1.54) is 4.90 Å². The van der Waals surface area contributed by atoms with Crippen LogP contribution in [0.1, 0.15) is 20.8 Å². The molecular weight excluding hydrogens is 312 g/mol. The number of carbonyl (C=O) groups is 2. The number of amides is 2. The summed E-state index contributed by atoms with van der Waals surface area (Å²) in [6, 6.07) is 5.33. The Morgan fingerprint density at radius 1 is 1.42 bits per heavy atom. The van der Waals surface area contributed by atoms with E-state index in [-0.39, 0.29) is 12.5 Å². The Morgan fingerprint density at radius 2 is 2.11 bits per heavy atom. The lowest BCUT2D eigenvalue weighted by Crippen LogP contribution is -2.44. The van der Waals surface area contributed by atoms with Gasteiger partial charge >= 0.3 is 6.09 Å². The zero-order valence-electron chi connectivity index (χ0n) is 11.0. The number of carbonyl (C=O) groups excluding carboxylic acids is 2. The summed E-state index contributed by atoms with van der Waals surface area (Å²) in [5.41, 5.74) is 0.633. The first-order chi connectivity index (χ1) is 8.76. The van der Waals surface area contributed by atoms with Gasteiger partial charge in [-0.3, -0.25) is 9.69 Å². The first kappa shape index (κ1) is 13.9. The van der Waals surface area contributed by atoms with Crippen molar-refractivity contribution in [3.8, 4) is 0 Å². The summed E-state index contributed by atoms with van der Waals surface area (Å²) in [6.07, 6.45) is -0.522. The van der Waals surface area contributed by atoms with E-state index in [4.69, 9.17) is 4.74 Å². The molecule has 0 saturated carbocycles. The molecule has 0 radical (unpaired) electrons. The highest BCUT2D eigenvalue weighted by atomic mass is 79.9. The van der Waals surface area contributed by atoms with Crippen molar-refractivity contribution in [3.05, 3.63) is 22.7 Å². The van der Waals surface area contributed by atoms with E-state index in [0.717, 1.165) is 4.47 Å². The molecule has 1 aliphatic rings. The third-order valence-electron chi connectivity index (χ3n) is 2.44. The molecule has 1 aromatic rings. The highest BCUT2D eigenvalue weighted by molar-refractivity contribution is 9.10. The number of nitrogens with zero attached hydrogens (tertiary/aromatic N) is 1. The monoisotopic (exact) mass is 326 g/mol. The molecule has 102 valence electrons. The summed E-state index contributed by atoms with van der Waals surface area (Å²) in [4.78, 5) is 25.1. The van der Waals surface area contributed by atoms with Crippen LogP contribution in [0.4, 0.5) is 16.2 Å². The van der Waals surface area contributed by atoms with Crippen LogP contribution in [0, 0.1) is 0 Å². The van der Waals surface area contributed by atoms with Gasteiger partial charge in [-0.05, 0) is 39.0 Å². The van der Waals surface area contributed by atoms with Gasteiger partial charge in [-0.2, -0.15) is 0 Å². The molecule has 0 saturated heterocycles. The maximum Gasteiger partial charge on any atom is 0.415 e. The van der Waals surface area contributed by atoms with Crippen LogP contribution in [0.2, 0.25) is 0 Å². The summed E-state index contributed by atoms with van der Waals surface area (Å²) >= 11 is 3.33. The molecule has 0 bridgehead atoms. The van der Waals surface area contributed by atoms with Gasteiger partial charge in [0.15, 0.2) is 0 Å². The van der Waals surface area contributed by atoms with Crippen molar-refractivity contribution in [2.75, 3.05) is 16.8 Å². The van der Waals surface area contributed by atoms with Gasteiger partial charge in [0.1, 0.15) is 12.1 Å². The zero-order chi connectivity index (χ0) is 14.2. The molecule has 6 heteroatoms. The maximum absolute atomic E-state index is 12.1. The summed E-state index contributed by atoms with van der Waals surface area (Å²) in [6.45, 7) is 5.33. The van der Waals surface area contributed by atoms with Crippen LogP contribution in [0.25, 0.3) is 0 Å². The fraction of sp³-hybridized carbons (Fsp3) is 0.385. The average Bonchev–Trinajstić information content (AvgIpc) is 2.24. The molecule has 1 aliphatic heterocycles. The van der Waals surface area contributed by atoms with Crippen LogP contribution in [-0.2, 0) is 9.53 Å². The summed E-state index contributed by atoms with van der Waals surface area (Å²) < 4.78 is 6.14. The summed E-state index contributed by atoms with van der Waals surface area (Å²) in [5, 5.41) is 2.73. The highest BCUT2D eigenvalue weighted by Gasteiger charge is 2.30. The smallest absolute Gasteiger partial charge is 0.415 e. The SMILES string of the molecule is CC(C)(C)OC(=O)N1CC(=O)Nc2cc(Br)ccc21. The van der Waals surface area contributed by atoms with E-state index in [2.05, 4.69) is 21.2 Å². The Hall–Kier alpha value is -1.56. The van der Waals surface area contributed by atoms with Crippen LogP contribution in [-0.4, -0.2) is 24.1 Å². The lowest BCUT2D eigenvalue weighted by molar-refractivity contribution is -0.115. The Morgan fingerprint density at radius 3 is 2.74 bits per heavy atom. The molecule has 5 nitrogen and oxygen atoms in total. The van der Waals surface area contributed by atoms with E-state index < -0.39 is 11.7 Å². The molecule has 1 aromatic carbocycles. The van der Waals surface area contributed by atoms with Crippen molar-refractivity contribution in [1.29, 1.82) is 0 Å². The molecule has 1 N–H and O–H groups in total. The minimum atomic E-state index is -0.597. The van der Waals surface area contributed by atoms with E-state index in [0.29, 0.717) is 11.4 Å². The van der Waals surface area contributed by atoms with Gasteiger partial charge in [-0.25, -0.2) is 4.79 Å². The summed E-state index contributed by atoms with van der Waals surface area (Å²) in [5.74, 6) is -0.239. The fourth-order valence-electron chi connectivity index (χ4n) is 1.74. The minimum Gasteiger partial charge on any atom is -0.443 e. The van der Waals surface area contributed by atoms with E-state index in [1.54, 1.807) is 32.9 Å². The number of rotatable bonds is 0. The molecule has 2 rings (SSSR count). The highest BCUT2D eigenvalue weighted by Crippen LogP contribution is 2.32. The Bertz CT molecular complexity index is 537. The minimum absolute atomic E-state index is 0.0381. The van der Waals surface area contributed by atoms with Crippen molar-refractivity contribution in [2.24, 2.45) is 0 Å².